The first-order valence-electron chi connectivity index (χ1n) is 7.90. The van der Waals surface area contributed by atoms with E-state index in [1.807, 2.05) is 0 Å². The molecule has 0 aliphatic carbocycles. The molecule has 1 saturated heterocycles. The van der Waals surface area contributed by atoms with Crippen LogP contribution in [0.2, 0.25) is 5.02 Å². The van der Waals surface area contributed by atoms with Gasteiger partial charge in [-0.3, -0.25) is 19.7 Å². The van der Waals surface area contributed by atoms with Crippen molar-refractivity contribution in [1.82, 2.24) is 10.7 Å². The van der Waals surface area contributed by atoms with E-state index in [-0.39, 0.29) is 5.69 Å². The monoisotopic (exact) mass is 462 g/mol. The molecule has 2 aromatic rings. The molecule has 2 N–H and O–H groups in total. The van der Waals surface area contributed by atoms with Crippen LogP contribution in [0.3, 0.4) is 0 Å². The fourth-order valence-corrected chi connectivity index (χ4v) is 2.78. The van der Waals surface area contributed by atoms with Crippen molar-refractivity contribution in [2.24, 2.45) is 11.0 Å². The molecule has 0 aromatic heterocycles. The van der Waals surface area contributed by atoms with Crippen LogP contribution in [0.4, 0.5) is 10.5 Å². The van der Waals surface area contributed by atoms with Crippen LogP contribution < -0.4 is 15.6 Å². The van der Waals surface area contributed by atoms with E-state index in [1.165, 1.54) is 24.3 Å². The smallest absolute Gasteiger partial charge is 0.276 e. The standard InChI is InChI=1S/C18H12BrClN4O4/c19-11-3-1-10(2-4-11)15(25)23-21-9-14-16(26)22-18(28)24(17(14)27)13-7-5-12(20)6-8-13/h1-9,14H,(H,23,25)(H,22,26,28)/b21-9-/t14-/m1/s1. The van der Waals surface area contributed by atoms with Gasteiger partial charge in [0.1, 0.15) is 0 Å². The third-order valence-electron chi connectivity index (χ3n) is 3.78. The molecule has 1 aliphatic rings. The van der Waals surface area contributed by atoms with Gasteiger partial charge in [0.25, 0.3) is 11.8 Å². The fraction of sp³-hybridized carbons (Fsp3) is 0.0556. The van der Waals surface area contributed by atoms with Crippen LogP contribution in [-0.4, -0.2) is 30.0 Å². The first-order valence-corrected chi connectivity index (χ1v) is 9.07. The van der Waals surface area contributed by atoms with Crippen LogP contribution in [0, 0.1) is 5.92 Å². The van der Waals surface area contributed by atoms with Gasteiger partial charge in [0.15, 0.2) is 5.92 Å². The van der Waals surface area contributed by atoms with E-state index in [9.17, 15) is 19.2 Å². The van der Waals surface area contributed by atoms with E-state index in [0.29, 0.717) is 10.6 Å². The van der Waals surface area contributed by atoms with Gasteiger partial charge in [0.2, 0.25) is 5.91 Å². The van der Waals surface area contributed by atoms with Gasteiger partial charge in [0, 0.05) is 21.3 Å². The second kappa shape index (κ2) is 8.32. The molecule has 0 bridgehead atoms. The molecule has 0 spiro atoms. The van der Waals surface area contributed by atoms with E-state index in [4.69, 9.17) is 11.6 Å². The van der Waals surface area contributed by atoms with Gasteiger partial charge in [-0.2, -0.15) is 5.10 Å². The molecule has 5 amide bonds. The molecule has 2 aromatic carbocycles. The number of rotatable bonds is 4. The first-order chi connectivity index (χ1) is 13.4. The van der Waals surface area contributed by atoms with Gasteiger partial charge >= 0.3 is 6.03 Å². The number of barbiturate groups is 1. The minimum Gasteiger partial charge on any atom is -0.276 e. The largest absolute Gasteiger partial charge is 0.335 e. The molecule has 1 aliphatic heterocycles. The van der Waals surface area contributed by atoms with Crippen molar-refractivity contribution in [3.63, 3.8) is 0 Å². The Hall–Kier alpha value is -3.04. The highest BCUT2D eigenvalue weighted by Crippen LogP contribution is 2.22. The van der Waals surface area contributed by atoms with Crippen LogP contribution in [0.1, 0.15) is 10.4 Å². The number of halogens is 2. The second-order valence-corrected chi connectivity index (χ2v) is 7.00. The quantitative estimate of drug-likeness (QED) is 0.413. The molecule has 3 rings (SSSR count). The van der Waals surface area contributed by atoms with Crippen LogP contribution >= 0.6 is 27.5 Å². The summed E-state index contributed by atoms with van der Waals surface area (Å²) in [6.45, 7) is 0. The van der Waals surface area contributed by atoms with E-state index >= 15 is 0 Å². The highest BCUT2D eigenvalue weighted by molar-refractivity contribution is 9.10. The lowest BCUT2D eigenvalue weighted by molar-refractivity contribution is -0.131. The van der Waals surface area contributed by atoms with Crippen molar-refractivity contribution >= 4 is 63.2 Å². The number of benzene rings is 2. The number of hydrogen-bond donors (Lipinski definition) is 2. The number of hydrazone groups is 1. The predicted octanol–water partition coefficient (Wildman–Crippen LogP) is 2.72. The molecular weight excluding hydrogens is 452 g/mol. The van der Waals surface area contributed by atoms with Crippen molar-refractivity contribution < 1.29 is 19.2 Å². The predicted molar refractivity (Wildman–Crippen MR) is 106 cm³/mol. The van der Waals surface area contributed by atoms with E-state index in [2.05, 4.69) is 31.8 Å². The van der Waals surface area contributed by atoms with Gasteiger partial charge < -0.3 is 0 Å². The molecule has 1 atom stereocenters. The number of hydrogen-bond acceptors (Lipinski definition) is 5. The summed E-state index contributed by atoms with van der Waals surface area (Å²) in [5.41, 5.74) is 2.83. The zero-order chi connectivity index (χ0) is 20.3. The SMILES string of the molecule is O=C(N/N=C\[C@@H]1C(=O)NC(=O)N(c2ccc(Cl)cc2)C1=O)c1ccc(Br)cc1. The summed E-state index contributed by atoms with van der Waals surface area (Å²) >= 11 is 9.07. The zero-order valence-corrected chi connectivity index (χ0v) is 16.4. The van der Waals surface area contributed by atoms with Gasteiger partial charge in [0.05, 0.1) is 5.69 Å². The summed E-state index contributed by atoms with van der Waals surface area (Å²) < 4.78 is 0.809. The van der Waals surface area contributed by atoms with Crippen LogP contribution in [0.25, 0.3) is 0 Å². The number of carbonyl (C=O) groups excluding carboxylic acids is 4. The summed E-state index contributed by atoms with van der Waals surface area (Å²) in [4.78, 5) is 49.5. The maximum absolute atomic E-state index is 12.6. The van der Waals surface area contributed by atoms with Crippen molar-refractivity contribution in [1.29, 1.82) is 0 Å². The molecule has 0 unspecified atom stereocenters. The molecule has 28 heavy (non-hydrogen) atoms. The molecular formula is C18H12BrClN4O4. The van der Waals surface area contributed by atoms with Gasteiger partial charge in [-0.1, -0.05) is 27.5 Å². The third-order valence-corrected chi connectivity index (χ3v) is 4.56. The van der Waals surface area contributed by atoms with Gasteiger partial charge in [-0.05, 0) is 48.5 Å². The number of nitrogens with zero attached hydrogens (tertiary/aromatic N) is 2. The Morgan fingerprint density at radius 1 is 1.11 bits per heavy atom. The molecule has 0 radical (unpaired) electrons. The normalized spacial score (nSPS) is 17.0. The number of amides is 5. The lowest BCUT2D eigenvalue weighted by Crippen LogP contribution is -2.58. The van der Waals surface area contributed by atoms with Crippen molar-refractivity contribution in [2.75, 3.05) is 4.90 Å². The topological polar surface area (TPSA) is 108 Å². The number of imide groups is 2. The molecule has 0 saturated carbocycles. The average molecular weight is 464 g/mol. The summed E-state index contributed by atoms with van der Waals surface area (Å²) in [5.74, 6) is -3.52. The summed E-state index contributed by atoms with van der Waals surface area (Å²) in [6.07, 6.45) is 0.976. The summed E-state index contributed by atoms with van der Waals surface area (Å²) in [5, 5.41) is 6.20. The van der Waals surface area contributed by atoms with Gasteiger partial charge in [-0.25, -0.2) is 15.1 Å². The van der Waals surface area contributed by atoms with E-state index < -0.39 is 29.7 Å². The molecule has 10 heteroatoms. The van der Waals surface area contributed by atoms with Crippen LogP contribution in [0.15, 0.2) is 58.1 Å². The number of carbonyl (C=O) groups is 4. The van der Waals surface area contributed by atoms with Crippen LogP contribution in [-0.2, 0) is 9.59 Å². The van der Waals surface area contributed by atoms with Crippen molar-refractivity contribution in [3.05, 3.63) is 63.6 Å². The molecule has 1 heterocycles. The maximum Gasteiger partial charge on any atom is 0.335 e. The molecule has 1 fully saturated rings. The minimum absolute atomic E-state index is 0.247. The Labute approximate surface area is 172 Å². The van der Waals surface area contributed by atoms with Crippen molar-refractivity contribution in [2.45, 2.75) is 0 Å². The lowest BCUT2D eigenvalue weighted by Gasteiger charge is -2.28. The Balaban J connectivity index is 1.74. The zero-order valence-electron chi connectivity index (χ0n) is 14.1. The summed E-state index contributed by atoms with van der Waals surface area (Å²) in [7, 11) is 0. The number of urea groups is 1. The fourth-order valence-electron chi connectivity index (χ4n) is 2.39. The average Bonchev–Trinajstić information content (AvgIpc) is 2.66. The third kappa shape index (κ3) is 4.26. The first kappa shape index (κ1) is 19.7. The van der Waals surface area contributed by atoms with Crippen molar-refractivity contribution in [3.8, 4) is 0 Å². The van der Waals surface area contributed by atoms with E-state index in [1.54, 1.807) is 24.3 Å². The summed E-state index contributed by atoms with van der Waals surface area (Å²) in [6, 6.07) is 11.6. The molecule has 8 nitrogen and oxygen atoms in total. The van der Waals surface area contributed by atoms with Gasteiger partial charge in [-0.15, -0.1) is 0 Å². The number of anilines is 1. The Bertz CT molecular complexity index is 976. The van der Waals surface area contributed by atoms with E-state index in [0.717, 1.165) is 15.6 Å². The maximum atomic E-state index is 12.6. The number of nitrogens with one attached hydrogen (secondary N) is 2. The Kier molecular flexibility index (Phi) is 5.86. The minimum atomic E-state index is -1.38. The second-order valence-electron chi connectivity index (χ2n) is 5.65. The van der Waals surface area contributed by atoms with Crippen LogP contribution in [0.5, 0.6) is 0 Å². The Morgan fingerprint density at radius 3 is 2.39 bits per heavy atom. The highest BCUT2D eigenvalue weighted by Gasteiger charge is 2.40. The highest BCUT2D eigenvalue weighted by atomic mass is 79.9. The Morgan fingerprint density at radius 2 is 1.75 bits per heavy atom. The lowest BCUT2D eigenvalue weighted by atomic mass is 10.1. The molecule has 142 valence electrons.